The molecular formula is C20H25N3O3S. The van der Waals surface area contributed by atoms with Crippen molar-refractivity contribution in [2.45, 2.75) is 31.6 Å². The van der Waals surface area contributed by atoms with Crippen molar-refractivity contribution in [2.75, 3.05) is 19.6 Å². The SMILES string of the molecule is Cc1ccc(C)c(C(=O)NCC2CCN(S(=O)(=O)c3cccnc3)CC2)c1. The molecule has 1 saturated heterocycles. The summed E-state index contributed by atoms with van der Waals surface area (Å²) in [5.41, 5.74) is 2.71. The Balaban J connectivity index is 1.54. The summed E-state index contributed by atoms with van der Waals surface area (Å²) < 4.78 is 26.8. The molecule has 1 N–H and O–H groups in total. The highest BCUT2D eigenvalue weighted by Gasteiger charge is 2.29. The number of benzene rings is 1. The summed E-state index contributed by atoms with van der Waals surface area (Å²) in [6.45, 7) is 5.38. The smallest absolute Gasteiger partial charge is 0.251 e. The van der Waals surface area contributed by atoms with Gasteiger partial charge in [0.1, 0.15) is 4.90 Å². The Labute approximate surface area is 160 Å². The average molecular weight is 388 g/mol. The van der Waals surface area contributed by atoms with Crippen LogP contribution in [0.25, 0.3) is 0 Å². The minimum atomic E-state index is -3.49. The summed E-state index contributed by atoms with van der Waals surface area (Å²) in [6, 6.07) is 9.03. The first kappa shape index (κ1) is 19.5. The highest BCUT2D eigenvalue weighted by molar-refractivity contribution is 7.89. The lowest BCUT2D eigenvalue weighted by molar-refractivity contribution is 0.0941. The van der Waals surface area contributed by atoms with E-state index in [1.165, 1.54) is 10.5 Å². The van der Waals surface area contributed by atoms with Gasteiger partial charge in [-0.05, 0) is 56.4 Å². The standard InChI is InChI=1S/C20H25N3O3S/c1-15-5-6-16(2)19(12-15)20(24)22-13-17-7-10-23(11-8-17)27(25,26)18-4-3-9-21-14-18/h3-6,9,12,14,17H,7-8,10-11,13H2,1-2H3,(H,22,24). The number of carbonyl (C=O) groups is 1. The molecule has 0 unspecified atom stereocenters. The first-order valence-electron chi connectivity index (χ1n) is 9.13. The predicted octanol–water partition coefficient (Wildman–Crippen LogP) is 2.53. The Morgan fingerprint density at radius 1 is 1.22 bits per heavy atom. The number of sulfonamides is 1. The van der Waals surface area contributed by atoms with Gasteiger partial charge in [-0.1, -0.05) is 17.7 Å². The monoisotopic (exact) mass is 387 g/mol. The topological polar surface area (TPSA) is 79.4 Å². The molecule has 2 aromatic rings. The number of hydrogen-bond acceptors (Lipinski definition) is 4. The Kier molecular flexibility index (Phi) is 5.92. The van der Waals surface area contributed by atoms with Crippen LogP contribution in [-0.4, -0.2) is 43.2 Å². The van der Waals surface area contributed by atoms with E-state index in [9.17, 15) is 13.2 Å². The Hall–Kier alpha value is -2.25. The Bertz CT molecular complexity index is 905. The Morgan fingerprint density at radius 3 is 2.63 bits per heavy atom. The van der Waals surface area contributed by atoms with Gasteiger partial charge in [0.2, 0.25) is 10.0 Å². The molecular weight excluding hydrogens is 362 g/mol. The maximum absolute atomic E-state index is 12.6. The summed E-state index contributed by atoms with van der Waals surface area (Å²) in [6.07, 6.45) is 4.40. The summed E-state index contributed by atoms with van der Waals surface area (Å²) in [5.74, 6) is 0.209. The minimum absolute atomic E-state index is 0.0680. The fraction of sp³-hybridized carbons (Fsp3) is 0.400. The number of nitrogens with one attached hydrogen (secondary N) is 1. The van der Waals surface area contributed by atoms with Crippen molar-refractivity contribution in [3.8, 4) is 0 Å². The predicted molar refractivity (Wildman–Crippen MR) is 104 cm³/mol. The number of nitrogens with zero attached hydrogens (tertiary/aromatic N) is 2. The maximum Gasteiger partial charge on any atom is 0.251 e. The van der Waals surface area contributed by atoms with Crippen molar-refractivity contribution in [2.24, 2.45) is 5.92 Å². The first-order chi connectivity index (χ1) is 12.9. The third-order valence-corrected chi connectivity index (χ3v) is 6.92. The average Bonchev–Trinajstić information content (AvgIpc) is 2.69. The van der Waals surface area contributed by atoms with E-state index < -0.39 is 10.0 Å². The number of rotatable bonds is 5. The zero-order valence-electron chi connectivity index (χ0n) is 15.7. The second-order valence-electron chi connectivity index (χ2n) is 7.06. The zero-order valence-corrected chi connectivity index (χ0v) is 16.5. The molecule has 0 bridgehead atoms. The van der Waals surface area contributed by atoms with E-state index in [-0.39, 0.29) is 16.7 Å². The lowest BCUT2D eigenvalue weighted by Gasteiger charge is -2.31. The van der Waals surface area contributed by atoms with E-state index in [1.807, 2.05) is 32.0 Å². The summed E-state index contributed by atoms with van der Waals surface area (Å²) >= 11 is 0. The van der Waals surface area contributed by atoms with Crippen LogP contribution in [0.5, 0.6) is 0 Å². The molecule has 144 valence electrons. The van der Waals surface area contributed by atoms with Crippen LogP contribution in [0, 0.1) is 19.8 Å². The van der Waals surface area contributed by atoms with Crippen molar-refractivity contribution in [3.05, 3.63) is 59.4 Å². The molecule has 0 radical (unpaired) electrons. The lowest BCUT2D eigenvalue weighted by Crippen LogP contribution is -2.41. The number of hydrogen-bond donors (Lipinski definition) is 1. The van der Waals surface area contributed by atoms with Crippen molar-refractivity contribution in [3.63, 3.8) is 0 Å². The van der Waals surface area contributed by atoms with Gasteiger partial charge in [-0.15, -0.1) is 0 Å². The highest BCUT2D eigenvalue weighted by Crippen LogP contribution is 2.23. The molecule has 6 nitrogen and oxygen atoms in total. The van der Waals surface area contributed by atoms with Crippen LogP contribution in [0.3, 0.4) is 0 Å². The van der Waals surface area contributed by atoms with E-state index in [0.29, 0.717) is 25.2 Å². The summed E-state index contributed by atoms with van der Waals surface area (Å²) in [5, 5.41) is 3.01. The van der Waals surface area contributed by atoms with Crippen LogP contribution in [0.2, 0.25) is 0 Å². The van der Waals surface area contributed by atoms with Gasteiger partial charge in [0.05, 0.1) is 0 Å². The van der Waals surface area contributed by atoms with Gasteiger partial charge in [0.25, 0.3) is 5.91 Å². The minimum Gasteiger partial charge on any atom is -0.352 e. The van der Waals surface area contributed by atoms with Gasteiger partial charge in [-0.3, -0.25) is 9.78 Å². The lowest BCUT2D eigenvalue weighted by atomic mass is 9.98. The zero-order chi connectivity index (χ0) is 19.4. The molecule has 0 spiro atoms. The van der Waals surface area contributed by atoms with E-state index in [0.717, 1.165) is 24.0 Å². The second kappa shape index (κ2) is 8.19. The van der Waals surface area contributed by atoms with E-state index in [2.05, 4.69) is 10.3 Å². The van der Waals surface area contributed by atoms with Crippen LogP contribution in [-0.2, 0) is 10.0 Å². The summed E-state index contributed by atoms with van der Waals surface area (Å²) in [4.78, 5) is 16.6. The number of aryl methyl sites for hydroxylation is 2. The molecule has 7 heteroatoms. The van der Waals surface area contributed by atoms with Gasteiger partial charge in [0.15, 0.2) is 0 Å². The van der Waals surface area contributed by atoms with Crippen molar-refractivity contribution in [1.29, 1.82) is 0 Å². The molecule has 1 aliphatic heterocycles. The number of amides is 1. The Morgan fingerprint density at radius 2 is 1.96 bits per heavy atom. The molecule has 27 heavy (non-hydrogen) atoms. The van der Waals surface area contributed by atoms with Crippen molar-refractivity contribution >= 4 is 15.9 Å². The molecule has 1 aromatic carbocycles. The van der Waals surface area contributed by atoms with Crippen LogP contribution in [0.15, 0.2) is 47.6 Å². The normalized spacial score (nSPS) is 16.2. The fourth-order valence-electron chi connectivity index (χ4n) is 3.32. The van der Waals surface area contributed by atoms with Gasteiger partial charge in [-0.25, -0.2) is 8.42 Å². The van der Waals surface area contributed by atoms with Crippen molar-refractivity contribution in [1.82, 2.24) is 14.6 Å². The van der Waals surface area contributed by atoms with E-state index >= 15 is 0 Å². The molecule has 2 heterocycles. The number of pyridine rings is 1. The molecule has 1 aliphatic rings. The van der Waals surface area contributed by atoms with Crippen molar-refractivity contribution < 1.29 is 13.2 Å². The molecule has 1 fully saturated rings. The quantitative estimate of drug-likeness (QED) is 0.855. The molecule has 0 atom stereocenters. The molecule has 0 saturated carbocycles. The van der Waals surface area contributed by atoms with Gasteiger partial charge >= 0.3 is 0 Å². The third kappa shape index (κ3) is 4.54. The van der Waals surface area contributed by atoms with Crippen LogP contribution in [0.1, 0.15) is 34.3 Å². The molecule has 1 aromatic heterocycles. The van der Waals surface area contributed by atoms with Crippen LogP contribution >= 0.6 is 0 Å². The van der Waals surface area contributed by atoms with Crippen LogP contribution in [0.4, 0.5) is 0 Å². The first-order valence-corrected chi connectivity index (χ1v) is 10.6. The molecule has 3 rings (SSSR count). The number of aromatic nitrogens is 1. The van der Waals surface area contributed by atoms with Gasteiger partial charge < -0.3 is 5.32 Å². The molecule has 0 aliphatic carbocycles. The van der Waals surface area contributed by atoms with Crippen LogP contribution < -0.4 is 5.32 Å². The maximum atomic E-state index is 12.6. The second-order valence-corrected chi connectivity index (χ2v) is 9.00. The number of carbonyl (C=O) groups excluding carboxylic acids is 1. The fourth-order valence-corrected chi connectivity index (χ4v) is 4.75. The van der Waals surface area contributed by atoms with E-state index in [4.69, 9.17) is 0 Å². The third-order valence-electron chi connectivity index (χ3n) is 5.03. The number of piperidine rings is 1. The van der Waals surface area contributed by atoms with Gasteiger partial charge in [-0.2, -0.15) is 4.31 Å². The summed E-state index contributed by atoms with van der Waals surface area (Å²) in [7, 11) is -3.49. The van der Waals surface area contributed by atoms with Gasteiger partial charge in [0, 0.05) is 37.6 Å². The van der Waals surface area contributed by atoms with E-state index in [1.54, 1.807) is 18.3 Å². The highest BCUT2D eigenvalue weighted by atomic mass is 32.2. The molecule has 1 amide bonds. The largest absolute Gasteiger partial charge is 0.352 e.